The average molecular weight is 304 g/mol. The highest BCUT2D eigenvalue weighted by molar-refractivity contribution is 6.07. The van der Waals surface area contributed by atoms with Crippen LogP contribution in [0.4, 0.5) is 8.78 Å². The zero-order chi connectivity index (χ0) is 15.9. The Bertz CT molecular complexity index is 664. The van der Waals surface area contributed by atoms with Gasteiger partial charge in [0.05, 0.1) is 7.11 Å². The van der Waals surface area contributed by atoms with E-state index in [1.165, 1.54) is 25.3 Å². The number of rotatable bonds is 6. The fourth-order valence-electron chi connectivity index (χ4n) is 1.80. The van der Waals surface area contributed by atoms with E-state index in [2.05, 4.69) is 4.74 Å². The minimum atomic E-state index is -2.85. The van der Waals surface area contributed by atoms with Crippen molar-refractivity contribution >= 4 is 11.9 Å². The van der Waals surface area contributed by atoms with Gasteiger partial charge in [-0.05, 0) is 35.9 Å². The van der Waals surface area contributed by atoms with Crippen LogP contribution in [0.5, 0.6) is 11.5 Å². The SMILES string of the molecule is COc1cccc(C(=O)C=Cc2ccc(OC(F)F)cc2)c1. The van der Waals surface area contributed by atoms with Crippen molar-refractivity contribution in [2.45, 2.75) is 6.61 Å². The molecule has 2 aromatic carbocycles. The number of carbonyl (C=O) groups excluding carboxylic acids is 1. The minimum absolute atomic E-state index is 0.0753. The van der Waals surface area contributed by atoms with Gasteiger partial charge in [-0.25, -0.2) is 0 Å². The minimum Gasteiger partial charge on any atom is -0.497 e. The lowest BCUT2D eigenvalue weighted by Crippen LogP contribution is -2.01. The monoisotopic (exact) mass is 304 g/mol. The number of hydrogen-bond acceptors (Lipinski definition) is 3. The van der Waals surface area contributed by atoms with Crippen LogP contribution in [0.25, 0.3) is 6.08 Å². The van der Waals surface area contributed by atoms with Crippen LogP contribution in [0.2, 0.25) is 0 Å². The average Bonchev–Trinajstić information content (AvgIpc) is 2.53. The van der Waals surface area contributed by atoms with E-state index in [4.69, 9.17) is 4.74 Å². The van der Waals surface area contributed by atoms with Gasteiger partial charge >= 0.3 is 6.61 Å². The summed E-state index contributed by atoms with van der Waals surface area (Å²) in [5, 5.41) is 0. The molecule has 5 heteroatoms. The molecule has 0 N–H and O–H groups in total. The van der Waals surface area contributed by atoms with Crippen LogP contribution in [-0.4, -0.2) is 19.5 Å². The van der Waals surface area contributed by atoms with E-state index in [-0.39, 0.29) is 11.5 Å². The van der Waals surface area contributed by atoms with Crippen LogP contribution >= 0.6 is 0 Å². The third kappa shape index (κ3) is 4.41. The van der Waals surface area contributed by atoms with Gasteiger partial charge in [-0.2, -0.15) is 8.78 Å². The first-order valence-corrected chi connectivity index (χ1v) is 6.50. The van der Waals surface area contributed by atoms with E-state index < -0.39 is 6.61 Å². The van der Waals surface area contributed by atoms with Crippen molar-refractivity contribution in [2.24, 2.45) is 0 Å². The molecule has 0 bridgehead atoms. The molecule has 0 radical (unpaired) electrons. The van der Waals surface area contributed by atoms with Crippen molar-refractivity contribution in [3.63, 3.8) is 0 Å². The van der Waals surface area contributed by atoms with Gasteiger partial charge in [-0.1, -0.05) is 30.3 Å². The lowest BCUT2D eigenvalue weighted by atomic mass is 10.1. The Morgan fingerprint density at radius 2 is 1.82 bits per heavy atom. The first-order chi connectivity index (χ1) is 10.6. The lowest BCUT2D eigenvalue weighted by Gasteiger charge is -2.04. The van der Waals surface area contributed by atoms with Gasteiger partial charge in [0, 0.05) is 5.56 Å². The highest BCUT2D eigenvalue weighted by Gasteiger charge is 2.04. The Morgan fingerprint density at radius 1 is 1.09 bits per heavy atom. The molecule has 3 nitrogen and oxygen atoms in total. The smallest absolute Gasteiger partial charge is 0.387 e. The molecule has 0 aliphatic heterocycles. The number of methoxy groups -OCH3 is 1. The molecule has 0 unspecified atom stereocenters. The second-order valence-electron chi connectivity index (χ2n) is 4.38. The van der Waals surface area contributed by atoms with Crippen molar-refractivity contribution in [3.05, 3.63) is 65.7 Å². The van der Waals surface area contributed by atoms with E-state index in [0.717, 1.165) is 0 Å². The molecule has 0 amide bonds. The zero-order valence-electron chi connectivity index (χ0n) is 11.8. The van der Waals surface area contributed by atoms with Gasteiger partial charge in [-0.3, -0.25) is 4.79 Å². The topological polar surface area (TPSA) is 35.5 Å². The number of halogens is 2. The molecule has 0 saturated carbocycles. The van der Waals surface area contributed by atoms with Crippen LogP contribution in [0.15, 0.2) is 54.6 Å². The van der Waals surface area contributed by atoms with Crippen LogP contribution in [0.1, 0.15) is 15.9 Å². The summed E-state index contributed by atoms with van der Waals surface area (Å²) in [6, 6.07) is 12.8. The van der Waals surface area contributed by atoms with Crippen molar-refractivity contribution in [2.75, 3.05) is 7.11 Å². The number of hydrogen-bond donors (Lipinski definition) is 0. The van der Waals surface area contributed by atoms with Crippen LogP contribution in [0.3, 0.4) is 0 Å². The predicted octanol–water partition coefficient (Wildman–Crippen LogP) is 4.19. The fourth-order valence-corrected chi connectivity index (χ4v) is 1.80. The maximum absolute atomic E-state index is 12.0. The number of ether oxygens (including phenoxy) is 2. The summed E-state index contributed by atoms with van der Waals surface area (Å²) in [7, 11) is 1.53. The quantitative estimate of drug-likeness (QED) is 0.593. The summed E-state index contributed by atoms with van der Waals surface area (Å²) in [5.74, 6) is 0.505. The number of ketones is 1. The Hall–Kier alpha value is -2.69. The highest BCUT2D eigenvalue weighted by Crippen LogP contribution is 2.17. The molecule has 0 aliphatic carbocycles. The third-order valence-electron chi connectivity index (χ3n) is 2.89. The molecule has 22 heavy (non-hydrogen) atoms. The Balaban J connectivity index is 2.05. The largest absolute Gasteiger partial charge is 0.497 e. The molecule has 2 aromatic rings. The predicted molar refractivity (Wildman–Crippen MR) is 79.4 cm³/mol. The molecule has 0 aromatic heterocycles. The Kier molecular flexibility index (Phi) is 5.25. The summed E-state index contributed by atoms with van der Waals surface area (Å²) in [5.41, 5.74) is 1.21. The molecule has 0 spiro atoms. The van der Waals surface area contributed by atoms with Gasteiger partial charge in [0.15, 0.2) is 5.78 Å². The number of benzene rings is 2. The summed E-state index contributed by atoms with van der Waals surface area (Å²) >= 11 is 0. The molecular weight excluding hydrogens is 290 g/mol. The van der Waals surface area contributed by atoms with Gasteiger partial charge in [0.2, 0.25) is 0 Å². The molecule has 0 aliphatic rings. The fraction of sp³-hybridized carbons (Fsp3) is 0.118. The normalized spacial score (nSPS) is 10.9. The summed E-state index contributed by atoms with van der Waals surface area (Å²) in [6.07, 6.45) is 3.02. The van der Waals surface area contributed by atoms with Crippen LogP contribution < -0.4 is 9.47 Å². The lowest BCUT2D eigenvalue weighted by molar-refractivity contribution is -0.0498. The number of carbonyl (C=O) groups is 1. The zero-order valence-corrected chi connectivity index (χ0v) is 11.8. The molecule has 0 fully saturated rings. The standard InChI is InChI=1S/C17H14F2O3/c1-21-15-4-2-3-13(11-15)16(20)10-7-12-5-8-14(9-6-12)22-17(18)19/h2-11,17H,1H3. The van der Waals surface area contributed by atoms with Gasteiger partial charge < -0.3 is 9.47 Å². The van der Waals surface area contributed by atoms with Gasteiger partial charge in [0.1, 0.15) is 11.5 Å². The van der Waals surface area contributed by atoms with E-state index in [9.17, 15) is 13.6 Å². The van der Waals surface area contributed by atoms with E-state index in [0.29, 0.717) is 16.9 Å². The van der Waals surface area contributed by atoms with Crippen molar-refractivity contribution < 1.29 is 23.0 Å². The van der Waals surface area contributed by atoms with Crippen LogP contribution in [0, 0.1) is 0 Å². The Labute approximate surface area is 126 Å². The molecule has 2 rings (SSSR count). The second kappa shape index (κ2) is 7.36. The first kappa shape index (κ1) is 15.7. The first-order valence-electron chi connectivity index (χ1n) is 6.50. The Morgan fingerprint density at radius 3 is 2.45 bits per heavy atom. The van der Waals surface area contributed by atoms with Gasteiger partial charge in [-0.15, -0.1) is 0 Å². The van der Waals surface area contributed by atoms with Crippen molar-refractivity contribution in [1.29, 1.82) is 0 Å². The van der Waals surface area contributed by atoms with E-state index in [1.54, 1.807) is 42.5 Å². The maximum Gasteiger partial charge on any atom is 0.387 e. The summed E-state index contributed by atoms with van der Waals surface area (Å²) < 4.78 is 33.4. The van der Waals surface area contributed by atoms with Crippen molar-refractivity contribution in [1.82, 2.24) is 0 Å². The number of alkyl halides is 2. The van der Waals surface area contributed by atoms with Crippen molar-refractivity contribution in [3.8, 4) is 11.5 Å². The van der Waals surface area contributed by atoms with Crippen LogP contribution in [-0.2, 0) is 0 Å². The molecule has 0 atom stereocenters. The molecule has 0 saturated heterocycles. The summed E-state index contributed by atoms with van der Waals surface area (Å²) in [4.78, 5) is 12.0. The number of allylic oxidation sites excluding steroid dienone is 1. The summed E-state index contributed by atoms with van der Waals surface area (Å²) in [6.45, 7) is -2.85. The molecule has 0 heterocycles. The van der Waals surface area contributed by atoms with E-state index >= 15 is 0 Å². The maximum atomic E-state index is 12.0. The third-order valence-corrected chi connectivity index (χ3v) is 2.89. The molecule has 114 valence electrons. The second-order valence-corrected chi connectivity index (χ2v) is 4.38. The molecular formula is C17H14F2O3. The highest BCUT2D eigenvalue weighted by atomic mass is 19.3. The van der Waals surface area contributed by atoms with Gasteiger partial charge in [0.25, 0.3) is 0 Å². The van der Waals surface area contributed by atoms with E-state index in [1.807, 2.05) is 0 Å².